The molecule has 0 aliphatic heterocycles. The van der Waals surface area contributed by atoms with E-state index < -0.39 is 34.0 Å². The summed E-state index contributed by atoms with van der Waals surface area (Å²) < 4.78 is 6.66. The molecule has 0 bridgehead atoms. The van der Waals surface area contributed by atoms with Crippen LogP contribution in [0.4, 0.5) is 0 Å². The molecule has 3 N–H and O–H groups in total. The molecule has 0 aliphatic rings. The van der Waals surface area contributed by atoms with E-state index in [1.165, 1.54) is 7.05 Å². The summed E-state index contributed by atoms with van der Waals surface area (Å²) in [6, 6.07) is 6.62. The Labute approximate surface area is 173 Å². The van der Waals surface area contributed by atoms with Gasteiger partial charge in [-0.2, -0.15) is 4.98 Å². The van der Waals surface area contributed by atoms with Crippen LogP contribution in [0.2, 0.25) is 10.0 Å². The number of amides is 1. The minimum atomic E-state index is -1.00. The average molecular weight is 440 g/mol. The van der Waals surface area contributed by atoms with E-state index in [9.17, 15) is 19.5 Å². The molecule has 3 rings (SSSR count). The summed E-state index contributed by atoms with van der Waals surface area (Å²) >= 11 is 11.7. The molecular formula is C17H15Cl2N5O5. The maximum absolute atomic E-state index is 12.4. The SMILES string of the molecule is Cn1c(C(N)=O)c(Cl)c(=O)n(Cc2nc(C[C@H](O)c3ccc(Cl)cc3)no2)c1=O. The van der Waals surface area contributed by atoms with E-state index in [2.05, 4.69) is 10.1 Å². The average Bonchev–Trinajstić information content (AvgIpc) is 3.11. The summed E-state index contributed by atoms with van der Waals surface area (Å²) in [6.45, 7) is -0.367. The molecule has 12 heteroatoms. The van der Waals surface area contributed by atoms with Crippen LogP contribution in [0.3, 0.4) is 0 Å². The minimum absolute atomic E-state index is 0.0411. The van der Waals surface area contributed by atoms with Crippen molar-refractivity contribution in [2.75, 3.05) is 0 Å². The van der Waals surface area contributed by atoms with Crippen molar-refractivity contribution in [2.45, 2.75) is 19.1 Å². The van der Waals surface area contributed by atoms with E-state index in [1.54, 1.807) is 24.3 Å². The van der Waals surface area contributed by atoms with Crippen molar-refractivity contribution in [3.8, 4) is 0 Å². The van der Waals surface area contributed by atoms with Crippen molar-refractivity contribution in [3.63, 3.8) is 0 Å². The van der Waals surface area contributed by atoms with Crippen LogP contribution >= 0.6 is 23.2 Å². The number of aliphatic hydroxyl groups excluding tert-OH is 1. The van der Waals surface area contributed by atoms with E-state index >= 15 is 0 Å². The number of carbonyl (C=O) groups excluding carboxylic acids is 1. The first-order valence-corrected chi connectivity index (χ1v) is 8.98. The monoisotopic (exact) mass is 439 g/mol. The molecular weight excluding hydrogens is 425 g/mol. The van der Waals surface area contributed by atoms with E-state index in [0.717, 1.165) is 9.13 Å². The lowest BCUT2D eigenvalue weighted by atomic mass is 10.1. The van der Waals surface area contributed by atoms with Gasteiger partial charge in [-0.15, -0.1) is 0 Å². The topological polar surface area (TPSA) is 146 Å². The molecule has 29 heavy (non-hydrogen) atoms. The second-order valence-corrected chi connectivity index (χ2v) is 6.95. The van der Waals surface area contributed by atoms with Crippen molar-refractivity contribution < 1.29 is 14.4 Å². The van der Waals surface area contributed by atoms with Crippen LogP contribution in [-0.2, 0) is 20.0 Å². The number of nitrogens with zero attached hydrogens (tertiary/aromatic N) is 4. The lowest BCUT2D eigenvalue weighted by Gasteiger charge is -2.10. The molecule has 0 saturated heterocycles. The Kier molecular flexibility index (Phi) is 5.87. The van der Waals surface area contributed by atoms with Gasteiger partial charge < -0.3 is 15.4 Å². The lowest BCUT2D eigenvalue weighted by molar-refractivity contribution is 0.0990. The standard InChI is InChI=1S/C17H15Cl2N5O5/c1-23-14(15(20)26)13(19)16(27)24(17(23)28)7-12-21-11(22-29-12)6-10(25)8-2-4-9(18)5-3-8/h2-5,10,25H,6-7H2,1H3,(H2,20,26)/t10-/m0/s1. The van der Waals surface area contributed by atoms with Gasteiger partial charge in [-0.05, 0) is 17.7 Å². The third-order valence-corrected chi connectivity index (χ3v) is 4.75. The highest BCUT2D eigenvalue weighted by Gasteiger charge is 2.21. The summed E-state index contributed by atoms with van der Waals surface area (Å²) in [4.78, 5) is 40.2. The zero-order valence-electron chi connectivity index (χ0n) is 15.0. The summed E-state index contributed by atoms with van der Waals surface area (Å²) in [7, 11) is 1.26. The molecule has 10 nitrogen and oxygen atoms in total. The number of aromatic nitrogens is 4. The molecule has 0 aliphatic carbocycles. The summed E-state index contributed by atoms with van der Waals surface area (Å²) in [5.74, 6) is -0.882. The Hall–Kier alpha value is -2.95. The number of rotatable bonds is 6. The number of benzene rings is 1. The molecule has 2 heterocycles. The molecule has 0 fully saturated rings. The predicted octanol–water partition coefficient (Wildman–Crippen LogP) is 0.660. The van der Waals surface area contributed by atoms with Crippen molar-refractivity contribution >= 4 is 29.1 Å². The number of aliphatic hydroxyl groups is 1. The molecule has 3 aromatic rings. The zero-order chi connectivity index (χ0) is 21.3. The molecule has 1 amide bonds. The molecule has 1 atom stereocenters. The fourth-order valence-corrected chi connectivity index (χ4v) is 3.14. The summed E-state index contributed by atoms with van der Waals surface area (Å²) in [5.41, 5.74) is 3.64. The molecule has 1 aromatic carbocycles. The van der Waals surface area contributed by atoms with Crippen LogP contribution in [0.15, 0.2) is 38.4 Å². The van der Waals surface area contributed by atoms with Gasteiger partial charge in [-0.3, -0.25) is 14.2 Å². The summed E-state index contributed by atoms with van der Waals surface area (Å²) in [5, 5.41) is 14.1. The third kappa shape index (κ3) is 4.24. The van der Waals surface area contributed by atoms with Gasteiger partial charge in [0.05, 0.1) is 6.10 Å². The molecule has 0 saturated carbocycles. The Balaban J connectivity index is 1.84. The van der Waals surface area contributed by atoms with E-state index in [1.807, 2.05) is 0 Å². The molecule has 0 radical (unpaired) electrons. The first-order valence-electron chi connectivity index (χ1n) is 8.23. The second-order valence-electron chi connectivity index (χ2n) is 6.14. The number of nitrogens with two attached hydrogens (primary N) is 1. The van der Waals surface area contributed by atoms with Crippen LogP contribution in [-0.4, -0.2) is 30.3 Å². The Morgan fingerprint density at radius 3 is 2.55 bits per heavy atom. The highest BCUT2D eigenvalue weighted by atomic mass is 35.5. The van der Waals surface area contributed by atoms with Gasteiger partial charge in [0.15, 0.2) is 5.82 Å². The van der Waals surface area contributed by atoms with Gasteiger partial charge >= 0.3 is 5.69 Å². The Morgan fingerprint density at radius 1 is 1.28 bits per heavy atom. The lowest BCUT2D eigenvalue weighted by Crippen LogP contribution is -2.43. The fraction of sp³-hybridized carbons (Fsp3) is 0.235. The second kappa shape index (κ2) is 8.19. The normalized spacial score (nSPS) is 12.1. The van der Waals surface area contributed by atoms with Crippen LogP contribution in [0.25, 0.3) is 0 Å². The smallest absolute Gasteiger partial charge is 0.331 e. The Bertz CT molecular complexity index is 1150. The van der Waals surface area contributed by atoms with Crippen molar-refractivity contribution in [1.82, 2.24) is 19.3 Å². The van der Waals surface area contributed by atoms with Gasteiger partial charge in [0.25, 0.3) is 11.5 Å². The van der Waals surface area contributed by atoms with Crippen LogP contribution in [0.1, 0.15) is 33.9 Å². The van der Waals surface area contributed by atoms with Gasteiger partial charge in [0, 0.05) is 18.5 Å². The number of hydrogen-bond donors (Lipinski definition) is 2. The molecule has 0 spiro atoms. The predicted molar refractivity (Wildman–Crippen MR) is 103 cm³/mol. The number of hydrogen-bond acceptors (Lipinski definition) is 7. The van der Waals surface area contributed by atoms with E-state index in [0.29, 0.717) is 10.6 Å². The van der Waals surface area contributed by atoms with Gasteiger partial charge in [0.1, 0.15) is 17.3 Å². The zero-order valence-corrected chi connectivity index (χ0v) is 16.5. The van der Waals surface area contributed by atoms with Crippen LogP contribution in [0, 0.1) is 0 Å². The molecule has 2 aromatic heterocycles. The number of primary amides is 1. The maximum Gasteiger partial charge on any atom is 0.331 e. The number of carbonyl (C=O) groups is 1. The largest absolute Gasteiger partial charge is 0.388 e. The fourth-order valence-electron chi connectivity index (χ4n) is 2.69. The maximum atomic E-state index is 12.4. The van der Waals surface area contributed by atoms with Gasteiger partial charge in [-0.25, -0.2) is 9.36 Å². The van der Waals surface area contributed by atoms with Crippen molar-refractivity contribution in [2.24, 2.45) is 12.8 Å². The minimum Gasteiger partial charge on any atom is -0.388 e. The Morgan fingerprint density at radius 2 is 1.93 bits per heavy atom. The van der Waals surface area contributed by atoms with Crippen LogP contribution < -0.4 is 17.0 Å². The third-order valence-electron chi connectivity index (χ3n) is 4.16. The highest BCUT2D eigenvalue weighted by molar-refractivity contribution is 6.33. The van der Waals surface area contributed by atoms with E-state index in [4.69, 9.17) is 33.5 Å². The molecule has 152 valence electrons. The quantitative estimate of drug-likeness (QED) is 0.573. The van der Waals surface area contributed by atoms with Crippen molar-refractivity contribution in [3.05, 3.63) is 78.1 Å². The highest BCUT2D eigenvalue weighted by Crippen LogP contribution is 2.19. The summed E-state index contributed by atoms with van der Waals surface area (Å²) in [6.07, 6.45) is -0.864. The first-order chi connectivity index (χ1) is 13.7. The van der Waals surface area contributed by atoms with Crippen LogP contribution in [0.5, 0.6) is 0 Å². The van der Waals surface area contributed by atoms with Crippen molar-refractivity contribution in [1.29, 1.82) is 0 Å². The molecule has 0 unspecified atom stereocenters. The number of halogens is 2. The first kappa shape index (κ1) is 20.8. The van der Waals surface area contributed by atoms with E-state index in [-0.39, 0.29) is 24.7 Å². The van der Waals surface area contributed by atoms with Gasteiger partial charge in [-0.1, -0.05) is 40.5 Å². The van der Waals surface area contributed by atoms with Gasteiger partial charge in [0.2, 0.25) is 5.89 Å².